The molecule has 0 spiro atoms. The minimum atomic E-state index is -1.96. The van der Waals surface area contributed by atoms with Gasteiger partial charge in [0.25, 0.3) is 0 Å². The van der Waals surface area contributed by atoms with Crippen LogP contribution in [0, 0.1) is 34.5 Å². The van der Waals surface area contributed by atoms with Crippen molar-refractivity contribution in [3.63, 3.8) is 0 Å². The SMILES string of the molecule is C=CCC1[C@H](O[Si](C)(C)C(C)(C)C)CC(=C/C=C2\CCC[C@@]3(C)C2CC[C@@H]3[C@H](C)CCCC(C)(C)C)C[C@H]1O[Si](C)(C)C(C)(C)C. The molecule has 0 aromatic heterocycles. The first-order chi connectivity index (χ1) is 20.9. The largest absolute Gasteiger partial charge is 0.413 e. The van der Waals surface area contributed by atoms with E-state index in [0.29, 0.717) is 16.7 Å². The van der Waals surface area contributed by atoms with Crippen LogP contribution in [0.1, 0.15) is 147 Å². The summed E-state index contributed by atoms with van der Waals surface area (Å²) in [5.41, 5.74) is 4.19. The molecule has 266 valence electrons. The first-order valence-electron chi connectivity index (χ1n) is 19.3. The summed E-state index contributed by atoms with van der Waals surface area (Å²) < 4.78 is 14.6. The lowest BCUT2D eigenvalue weighted by Crippen LogP contribution is -2.53. The van der Waals surface area contributed by atoms with E-state index in [9.17, 15) is 0 Å². The van der Waals surface area contributed by atoms with Crippen LogP contribution in [0.4, 0.5) is 0 Å². The van der Waals surface area contributed by atoms with Crippen molar-refractivity contribution in [2.24, 2.45) is 34.5 Å². The Morgan fingerprint density at radius 1 is 0.870 bits per heavy atom. The van der Waals surface area contributed by atoms with Crippen molar-refractivity contribution in [1.29, 1.82) is 0 Å². The van der Waals surface area contributed by atoms with Crippen LogP contribution in [0.2, 0.25) is 36.3 Å². The van der Waals surface area contributed by atoms with Gasteiger partial charge in [-0.05, 0) is 123 Å². The van der Waals surface area contributed by atoms with Crippen LogP contribution in [0.3, 0.4) is 0 Å². The molecule has 4 heteroatoms. The van der Waals surface area contributed by atoms with Crippen LogP contribution in [0.15, 0.2) is 36.0 Å². The van der Waals surface area contributed by atoms with E-state index in [2.05, 4.69) is 127 Å². The maximum absolute atomic E-state index is 7.30. The maximum Gasteiger partial charge on any atom is 0.192 e. The van der Waals surface area contributed by atoms with E-state index in [1.165, 1.54) is 56.9 Å². The fraction of sp³-hybridized carbons (Fsp3) is 0.857. The molecule has 1 unspecified atom stereocenters. The highest BCUT2D eigenvalue weighted by molar-refractivity contribution is 6.74. The van der Waals surface area contributed by atoms with E-state index in [-0.39, 0.29) is 22.3 Å². The minimum Gasteiger partial charge on any atom is -0.413 e. The highest BCUT2D eigenvalue weighted by Gasteiger charge is 2.51. The van der Waals surface area contributed by atoms with Crippen molar-refractivity contribution in [1.82, 2.24) is 0 Å². The number of fused-ring (bicyclic) bond motifs is 1. The number of hydrogen-bond acceptors (Lipinski definition) is 2. The van der Waals surface area contributed by atoms with Gasteiger partial charge in [-0.15, -0.1) is 6.58 Å². The zero-order valence-corrected chi connectivity index (χ0v) is 35.5. The summed E-state index contributed by atoms with van der Waals surface area (Å²) in [6.45, 7) is 40.5. The van der Waals surface area contributed by atoms with Gasteiger partial charge < -0.3 is 8.85 Å². The quantitative estimate of drug-likeness (QED) is 0.161. The van der Waals surface area contributed by atoms with Gasteiger partial charge >= 0.3 is 0 Å². The molecular formula is C42H78O2Si2. The van der Waals surface area contributed by atoms with Gasteiger partial charge in [0, 0.05) is 5.92 Å². The predicted octanol–water partition coefficient (Wildman–Crippen LogP) is 13.7. The Kier molecular flexibility index (Phi) is 12.9. The van der Waals surface area contributed by atoms with Gasteiger partial charge in [-0.2, -0.15) is 0 Å². The van der Waals surface area contributed by atoms with Crippen LogP contribution < -0.4 is 0 Å². The Morgan fingerprint density at radius 2 is 1.41 bits per heavy atom. The molecule has 3 rings (SSSR count). The topological polar surface area (TPSA) is 18.5 Å². The summed E-state index contributed by atoms with van der Waals surface area (Å²) >= 11 is 0. The molecule has 0 aromatic rings. The van der Waals surface area contributed by atoms with Crippen LogP contribution in [-0.4, -0.2) is 28.8 Å². The summed E-state index contributed by atoms with van der Waals surface area (Å²) in [7, 11) is -3.92. The lowest BCUT2D eigenvalue weighted by atomic mass is 9.60. The van der Waals surface area contributed by atoms with E-state index in [0.717, 1.165) is 37.0 Å². The summed E-state index contributed by atoms with van der Waals surface area (Å²) in [5, 5.41) is 0.362. The molecule has 2 nitrogen and oxygen atoms in total. The highest BCUT2D eigenvalue weighted by atomic mass is 28.4. The monoisotopic (exact) mass is 671 g/mol. The molecule has 0 aliphatic heterocycles. The average molecular weight is 671 g/mol. The van der Waals surface area contributed by atoms with Gasteiger partial charge in [-0.1, -0.05) is 118 Å². The van der Waals surface area contributed by atoms with E-state index >= 15 is 0 Å². The Labute approximate surface area is 290 Å². The van der Waals surface area contributed by atoms with Crippen molar-refractivity contribution in [2.75, 3.05) is 0 Å². The van der Waals surface area contributed by atoms with E-state index < -0.39 is 16.6 Å². The van der Waals surface area contributed by atoms with Crippen LogP contribution in [0.5, 0.6) is 0 Å². The molecule has 0 radical (unpaired) electrons. The van der Waals surface area contributed by atoms with E-state index in [1.54, 1.807) is 5.57 Å². The van der Waals surface area contributed by atoms with Crippen molar-refractivity contribution < 1.29 is 8.85 Å². The molecule has 0 saturated heterocycles. The zero-order chi connectivity index (χ0) is 34.9. The van der Waals surface area contributed by atoms with E-state index in [1.807, 2.05) is 0 Å². The lowest BCUT2D eigenvalue weighted by Gasteiger charge is -2.48. The molecule has 0 N–H and O–H groups in total. The van der Waals surface area contributed by atoms with Crippen LogP contribution in [-0.2, 0) is 8.85 Å². The molecule has 3 aliphatic carbocycles. The van der Waals surface area contributed by atoms with Gasteiger partial charge in [-0.3, -0.25) is 0 Å². The molecule has 6 atom stereocenters. The molecule has 3 aliphatic rings. The average Bonchev–Trinajstić information content (AvgIpc) is 3.24. The molecular weight excluding hydrogens is 593 g/mol. The summed E-state index contributed by atoms with van der Waals surface area (Å²) in [4.78, 5) is 0. The van der Waals surface area contributed by atoms with Gasteiger partial charge in [0.15, 0.2) is 16.6 Å². The van der Waals surface area contributed by atoms with Crippen molar-refractivity contribution >= 4 is 16.6 Å². The van der Waals surface area contributed by atoms with Crippen molar-refractivity contribution in [2.45, 2.75) is 195 Å². The van der Waals surface area contributed by atoms with Crippen molar-refractivity contribution in [3.8, 4) is 0 Å². The molecule has 0 heterocycles. The summed E-state index contributed by atoms with van der Waals surface area (Å²) in [5.74, 6) is 2.81. The Bertz CT molecular complexity index is 1040. The second kappa shape index (κ2) is 14.8. The zero-order valence-electron chi connectivity index (χ0n) is 33.5. The van der Waals surface area contributed by atoms with E-state index in [4.69, 9.17) is 8.85 Å². The Hall–Kier alpha value is -0.426. The van der Waals surface area contributed by atoms with Crippen LogP contribution >= 0.6 is 0 Å². The molecule has 3 fully saturated rings. The first kappa shape index (κ1) is 40.0. The van der Waals surface area contributed by atoms with Gasteiger partial charge in [0.1, 0.15) is 0 Å². The number of hydrogen-bond donors (Lipinski definition) is 0. The second-order valence-corrected chi connectivity index (χ2v) is 30.0. The molecule has 0 aromatic carbocycles. The summed E-state index contributed by atoms with van der Waals surface area (Å²) in [6, 6.07) is 0. The predicted molar refractivity (Wildman–Crippen MR) is 208 cm³/mol. The standard InChI is InChI=1S/C42H78O2Si2/c1-17-20-34-37(43-45(13,14)40(6,7)8)29-32(30-38(34)44-46(15,16)41(9,10)11)23-24-33-22-19-28-42(12)35(25-26-36(33)42)31(2)21-18-27-39(3,4)5/h17,23-24,31,34-38H,1,18-22,25-30H2,2-16H3/b32-23?,33-24+/t31-,34?,35-,36?,37-,38-,42-/m1/s1. The molecule has 0 bridgehead atoms. The third kappa shape index (κ3) is 9.63. The fourth-order valence-electron chi connectivity index (χ4n) is 8.74. The fourth-order valence-corrected chi connectivity index (χ4v) is 11.5. The number of allylic oxidation sites excluding steroid dienone is 4. The maximum atomic E-state index is 7.30. The van der Waals surface area contributed by atoms with Crippen molar-refractivity contribution in [3.05, 3.63) is 36.0 Å². The summed E-state index contributed by atoms with van der Waals surface area (Å²) in [6.07, 6.45) is 21.6. The Balaban J connectivity index is 1.91. The molecule has 0 amide bonds. The smallest absolute Gasteiger partial charge is 0.192 e. The van der Waals surface area contributed by atoms with Gasteiger partial charge in [0.05, 0.1) is 12.2 Å². The molecule has 3 saturated carbocycles. The molecule has 46 heavy (non-hydrogen) atoms. The minimum absolute atomic E-state index is 0.181. The third-order valence-electron chi connectivity index (χ3n) is 13.7. The first-order valence-corrected chi connectivity index (χ1v) is 25.1. The van der Waals surface area contributed by atoms with Crippen LogP contribution in [0.25, 0.3) is 0 Å². The Morgan fingerprint density at radius 3 is 1.89 bits per heavy atom. The van der Waals surface area contributed by atoms with Gasteiger partial charge in [0.2, 0.25) is 0 Å². The normalized spacial score (nSPS) is 31.6. The number of rotatable bonds is 11. The lowest BCUT2D eigenvalue weighted by molar-refractivity contribution is 0.00903. The second-order valence-electron chi connectivity index (χ2n) is 20.5. The highest BCUT2D eigenvalue weighted by Crippen LogP contribution is 2.60. The third-order valence-corrected chi connectivity index (χ3v) is 22.7. The van der Waals surface area contributed by atoms with Gasteiger partial charge in [-0.25, -0.2) is 0 Å².